The van der Waals surface area contributed by atoms with Crippen molar-refractivity contribution in [2.45, 2.75) is 24.0 Å². The van der Waals surface area contributed by atoms with E-state index in [0.717, 1.165) is 42.5 Å². The highest BCUT2D eigenvalue weighted by atomic mass is 35.5. The van der Waals surface area contributed by atoms with Crippen molar-refractivity contribution in [3.63, 3.8) is 0 Å². The van der Waals surface area contributed by atoms with Gasteiger partial charge in [-0.1, -0.05) is 23.7 Å². The molecule has 1 fully saturated rings. The molecule has 6 heteroatoms. The van der Waals surface area contributed by atoms with E-state index in [1.54, 1.807) is 11.8 Å². The summed E-state index contributed by atoms with van der Waals surface area (Å²) >= 11 is 7.74. The highest BCUT2D eigenvalue weighted by molar-refractivity contribution is 7.98. The molecular weight excluding hydrogens is 318 g/mol. The quantitative estimate of drug-likeness (QED) is 0.792. The van der Waals surface area contributed by atoms with E-state index in [4.69, 9.17) is 16.3 Å². The molecule has 1 aromatic carbocycles. The van der Waals surface area contributed by atoms with E-state index < -0.39 is 0 Å². The van der Waals surface area contributed by atoms with Crippen LogP contribution in [0.25, 0.3) is 0 Å². The van der Waals surface area contributed by atoms with E-state index in [1.165, 1.54) is 0 Å². The summed E-state index contributed by atoms with van der Waals surface area (Å²) < 4.78 is 6.01. The summed E-state index contributed by atoms with van der Waals surface area (Å²) in [4.78, 5) is 2.25. The van der Waals surface area contributed by atoms with Crippen LogP contribution in [0.2, 0.25) is 5.02 Å². The van der Waals surface area contributed by atoms with Gasteiger partial charge in [-0.2, -0.15) is 0 Å². The zero-order valence-electron chi connectivity index (χ0n) is 12.4. The Labute approximate surface area is 139 Å². The molecule has 0 saturated carbocycles. The Morgan fingerprint density at radius 1 is 1.14 bits per heavy atom. The van der Waals surface area contributed by atoms with Gasteiger partial charge in [0.15, 0.2) is 5.82 Å². The standard InChI is InChI=1S/C16H18ClN3OS/c1-22-16-7-6-15(18-19-16)20-10-8-12(9-11-20)21-14-5-3-2-4-13(14)17/h2-7,12H,8-11H2,1H3. The van der Waals surface area contributed by atoms with E-state index in [-0.39, 0.29) is 6.10 Å². The fourth-order valence-electron chi connectivity index (χ4n) is 2.51. The van der Waals surface area contributed by atoms with Crippen LogP contribution in [-0.4, -0.2) is 35.6 Å². The molecule has 116 valence electrons. The van der Waals surface area contributed by atoms with Crippen LogP contribution in [0.3, 0.4) is 0 Å². The number of rotatable bonds is 4. The molecule has 4 nitrogen and oxygen atoms in total. The third-order valence-electron chi connectivity index (χ3n) is 3.73. The Kier molecular flexibility index (Phi) is 5.05. The van der Waals surface area contributed by atoms with Crippen LogP contribution in [0.5, 0.6) is 5.75 Å². The first-order valence-corrected chi connectivity index (χ1v) is 8.90. The Morgan fingerprint density at radius 2 is 1.91 bits per heavy atom. The molecule has 2 aromatic rings. The minimum atomic E-state index is 0.203. The topological polar surface area (TPSA) is 38.2 Å². The van der Waals surface area contributed by atoms with Crippen molar-refractivity contribution >= 4 is 29.2 Å². The van der Waals surface area contributed by atoms with Gasteiger partial charge in [0, 0.05) is 25.9 Å². The Balaban J connectivity index is 1.57. The molecule has 2 heterocycles. The van der Waals surface area contributed by atoms with Gasteiger partial charge in [0.1, 0.15) is 16.9 Å². The number of piperidine rings is 1. The fourth-order valence-corrected chi connectivity index (χ4v) is 3.02. The maximum Gasteiger partial charge on any atom is 0.151 e. The van der Waals surface area contributed by atoms with Crippen LogP contribution >= 0.6 is 23.4 Å². The van der Waals surface area contributed by atoms with Gasteiger partial charge in [0.25, 0.3) is 0 Å². The summed E-state index contributed by atoms with van der Waals surface area (Å²) in [5.41, 5.74) is 0. The average molecular weight is 336 g/mol. The SMILES string of the molecule is CSc1ccc(N2CCC(Oc3ccccc3Cl)CC2)nn1. The van der Waals surface area contributed by atoms with Gasteiger partial charge in [0.05, 0.1) is 5.02 Å². The minimum absolute atomic E-state index is 0.203. The molecule has 22 heavy (non-hydrogen) atoms. The van der Waals surface area contributed by atoms with Crippen molar-refractivity contribution in [1.82, 2.24) is 10.2 Å². The summed E-state index contributed by atoms with van der Waals surface area (Å²) in [7, 11) is 0. The lowest BCUT2D eigenvalue weighted by molar-refractivity contribution is 0.171. The summed E-state index contributed by atoms with van der Waals surface area (Å²) in [6, 6.07) is 11.7. The molecule has 0 atom stereocenters. The van der Waals surface area contributed by atoms with E-state index in [2.05, 4.69) is 15.1 Å². The van der Waals surface area contributed by atoms with Crippen molar-refractivity contribution in [1.29, 1.82) is 0 Å². The number of anilines is 1. The fraction of sp³-hybridized carbons (Fsp3) is 0.375. The number of hydrogen-bond donors (Lipinski definition) is 0. The Bertz CT molecular complexity index is 615. The van der Waals surface area contributed by atoms with Crippen LogP contribution < -0.4 is 9.64 Å². The number of thioether (sulfide) groups is 1. The van der Waals surface area contributed by atoms with Gasteiger partial charge in [-0.3, -0.25) is 0 Å². The van der Waals surface area contributed by atoms with Crippen molar-refractivity contribution in [3.8, 4) is 5.75 Å². The summed E-state index contributed by atoms with van der Waals surface area (Å²) in [6.45, 7) is 1.84. The Hall–Kier alpha value is -1.46. The predicted molar refractivity (Wildman–Crippen MR) is 91.1 cm³/mol. The predicted octanol–water partition coefficient (Wildman–Crippen LogP) is 3.90. The van der Waals surface area contributed by atoms with Gasteiger partial charge in [-0.25, -0.2) is 0 Å². The normalized spacial score (nSPS) is 15.8. The lowest BCUT2D eigenvalue weighted by Crippen LogP contribution is -2.38. The maximum absolute atomic E-state index is 6.14. The number of ether oxygens (including phenoxy) is 1. The number of para-hydroxylation sites is 1. The zero-order chi connectivity index (χ0) is 15.4. The molecule has 0 unspecified atom stereocenters. The van der Waals surface area contributed by atoms with Gasteiger partial charge in [-0.05, 0) is 30.5 Å². The van der Waals surface area contributed by atoms with Crippen molar-refractivity contribution in [3.05, 3.63) is 41.4 Å². The molecule has 0 radical (unpaired) electrons. The summed E-state index contributed by atoms with van der Waals surface area (Å²) in [6.07, 6.45) is 4.12. The van der Waals surface area contributed by atoms with Crippen LogP contribution in [0.4, 0.5) is 5.82 Å². The van der Waals surface area contributed by atoms with Gasteiger partial charge in [-0.15, -0.1) is 22.0 Å². The second kappa shape index (κ2) is 7.20. The molecule has 3 rings (SSSR count). The lowest BCUT2D eigenvalue weighted by Gasteiger charge is -2.32. The molecule has 1 saturated heterocycles. The Morgan fingerprint density at radius 3 is 2.55 bits per heavy atom. The van der Waals surface area contributed by atoms with Crippen LogP contribution in [0.1, 0.15) is 12.8 Å². The molecular formula is C16H18ClN3OS. The average Bonchev–Trinajstić information content (AvgIpc) is 2.58. The van der Waals surface area contributed by atoms with Crippen LogP contribution in [-0.2, 0) is 0 Å². The van der Waals surface area contributed by atoms with Crippen molar-refractivity contribution < 1.29 is 4.74 Å². The van der Waals surface area contributed by atoms with E-state index >= 15 is 0 Å². The van der Waals surface area contributed by atoms with Gasteiger partial charge < -0.3 is 9.64 Å². The number of hydrogen-bond acceptors (Lipinski definition) is 5. The first kappa shape index (κ1) is 15.4. The third kappa shape index (κ3) is 3.65. The molecule has 0 N–H and O–H groups in total. The minimum Gasteiger partial charge on any atom is -0.489 e. The highest BCUT2D eigenvalue weighted by Gasteiger charge is 2.22. The molecule has 1 aliphatic heterocycles. The van der Waals surface area contributed by atoms with Crippen LogP contribution in [0.15, 0.2) is 41.4 Å². The highest BCUT2D eigenvalue weighted by Crippen LogP contribution is 2.27. The van der Waals surface area contributed by atoms with Crippen molar-refractivity contribution in [2.24, 2.45) is 0 Å². The van der Waals surface area contributed by atoms with Crippen molar-refractivity contribution in [2.75, 3.05) is 24.2 Å². The molecule has 0 bridgehead atoms. The largest absolute Gasteiger partial charge is 0.489 e. The zero-order valence-corrected chi connectivity index (χ0v) is 14.0. The monoisotopic (exact) mass is 335 g/mol. The maximum atomic E-state index is 6.14. The van der Waals surface area contributed by atoms with Gasteiger partial charge >= 0.3 is 0 Å². The van der Waals surface area contributed by atoms with Gasteiger partial charge in [0.2, 0.25) is 0 Å². The number of nitrogens with zero attached hydrogens (tertiary/aromatic N) is 3. The molecule has 0 amide bonds. The summed E-state index contributed by atoms with van der Waals surface area (Å²) in [5, 5.41) is 10.1. The number of aromatic nitrogens is 2. The second-order valence-corrected chi connectivity index (χ2v) is 6.40. The molecule has 0 spiro atoms. The first-order chi connectivity index (χ1) is 10.8. The molecule has 0 aliphatic carbocycles. The second-order valence-electron chi connectivity index (χ2n) is 5.17. The lowest BCUT2D eigenvalue weighted by atomic mass is 10.1. The molecule has 1 aromatic heterocycles. The van der Waals surface area contributed by atoms with E-state index in [1.807, 2.05) is 42.7 Å². The number of halogens is 1. The van der Waals surface area contributed by atoms with E-state index in [0.29, 0.717) is 5.02 Å². The first-order valence-electron chi connectivity index (χ1n) is 7.30. The third-order valence-corrected chi connectivity index (χ3v) is 4.68. The smallest absolute Gasteiger partial charge is 0.151 e. The van der Waals surface area contributed by atoms with E-state index in [9.17, 15) is 0 Å². The summed E-state index contributed by atoms with van der Waals surface area (Å²) in [5.74, 6) is 1.71. The van der Waals surface area contributed by atoms with Crippen LogP contribution in [0, 0.1) is 0 Å². The number of benzene rings is 1. The molecule has 1 aliphatic rings.